The molecular weight excluding hydrogens is 236 g/mol. The molecule has 0 bridgehead atoms. The van der Waals surface area contributed by atoms with Crippen LogP contribution in [0, 0.1) is 0 Å². The van der Waals surface area contributed by atoms with Crippen LogP contribution in [0.4, 0.5) is 0 Å². The van der Waals surface area contributed by atoms with Gasteiger partial charge in [-0.1, -0.05) is 36.4 Å². The molecule has 0 atom stereocenters. The van der Waals surface area contributed by atoms with Gasteiger partial charge in [0.2, 0.25) is 0 Å². The number of hydrogen-bond acceptors (Lipinski definition) is 1. The third kappa shape index (κ3) is 1.38. The Morgan fingerprint density at radius 2 is 1.68 bits per heavy atom. The molecule has 3 nitrogen and oxygen atoms in total. The molecule has 0 saturated carbocycles. The SMILES string of the molecule is O=C1N=c2ccccc2=C1n1ccc2ccccc21. The van der Waals surface area contributed by atoms with Gasteiger partial charge in [-0.15, -0.1) is 0 Å². The van der Waals surface area contributed by atoms with Gasteiger partial charge in [-0.3, -0.25) is 4.79 Å². The molecule has 1 amide bonds. The highest BCUT2D eigenvalue weighted by atomic mass is 16.1. The molecule has 3 aromatic rings. The van der Waals surface area contributed by atoms with Crippen LogP contribution in [0.15, 0.2) is 65.8 Å². The predicted molar refractivity (Wildman–Crippen MR) is 73.0 cm³/mol. The van der Waals surface area contributed by atoms with E-state index in [9.17, 15) is 4.79 Å². The lowest BCUT2D eigenvalue weighted by molar-refractivity contribution is -0.112. The quantitative estimate of drug-likeness (QED) is 0.640. The molecule has 2 aromatic carbocycles. The summed E-state index contributed by atoms with van der Waals surface area (Å²) in [5.74, 6) is -0.178. The second-order valence-corrected chi connectivity index (χ2v) is 4.53. The van der Waals surface area contributed by atoms with Crippen molar-refractivity contribution >= 4 is 22.5 Å². The van der Waals surface area contributed by atoms with Crippen LogP contribution in [-0.4, -0.2) is 10.5 Å². The number of carbonyl (C=O) groups is 1. The summed E-state index contributed by atoms with van der Waals surface area (Å²) in [7, 11) is 0. The summed E-state index contributed by atoms with van der Waals surface area (Å²) in [6, 6.07) is 17.7. The second-order valence-electron chi connectivity index (χ2n) is 4.53. The van der Waals surface area contributed by atoms with Crippen molar-refractivity contribution in [2.75, 3.05) is 0 Å². The third-order valence-electron chi connectivity index (χ3n) is 3.42. The Bertz CT molecular complexity index is 935. The molecule has 4 rings (SSSR count). The Morgan fingerprint density at radius 1 is 0.895 bits per heavy atom. The Hall–Kier alpha value is -2.68. The van der Waals surface area contributed by atoms with Crippen LogP contribution in [0.3, 0.4) is 0 Å². The van der Waals surface area contributed by atoms with E-state index >= 15 is 0 Å². The number of para-hydroxylation sites is 2. The summed E-state index contributed by atoms with van der Waals surface area (Å²) in [6.07, 6.45) is 1.93. The summed E-state index contributed by atoms with van der Waals surface area (Å²) in [5.41, 5.74) is 1.66. The minimum absolute atomic E-state index is 0.178. The number of rotatable bonds is 1. The Kier molecular flexibility index (Phi) is 1.97. The van der Waals surface area contributed by atoms with E-state index in [0.717, 1.165) is 21.5 Å². The molecule has 19 heavy (non-hydrogen) atoms. The first-order valence-corrected chi connectivity index (χ1v) is 6.13. The van der Waals surface area contributed by atoms with Gasteiger partial charge in [-0.05, 0) is 23.6 Å². The van der Waals surface area contributed by atoms with Crippen LogP contribution in [0.25, 0.3) is 16.6 Å². The van der Waals surface area contributed by atoms with E-state index in [-0.39, 0.29) is 5.91 Å². The highest BCUT2D eigenvalue weighted by Gasteiger charge is 2.18. The van der Waals surface area contributed by atoms with Crippen molar-refractivity contribution in [3.8, 4) is 0 Å². The first kappa shape index (κ1) is 10.3. The van der Waals surface area contributed by atoms with E-state index in [1.165, 1.54) is 0 Å². The van der Waals surface area contributed by atoms with E-state index in [4.69, 9.17) is 0 Å². The summed E-state index contributed by atoms with van der Waals surface area (Å²) < 4.78 is 1.92. The average Bonchev–Trinajstić information content (AvgIpc) is 2.98. The fraction of sp³-hybridized carbons (Fsp3) is 0. The largest absolute Gasteiger partial charge is 0.311 e. The summed E-state index contributed by atoms with van der Waals surface area (Å²) in [6.45, 7) is 0. The Morgan fingerprint density at radius 3 is 2.63 bits per heavy atom. The van der Waals surface area contributed by atoms with Gasteiger partial charge in [-0.25, -0.2) is 4.99 Å². The molecule has 0 fully saturated rings. The average molecular weight is 246 g/mol. The first-order valence-electron chi connectivity index (χ1n) is 6.13. The molecule has 0 N–H and O–H groups in total. The maximum Gasteiger partial charge on any atom is 0.295 e. The van der Waals surface area contributed by atoms with Crippen LogP contribution in [0.1, 0.15) is 0 Å². The number of nitrogens with zero attached hydrogens (tertiary/aromatic N) is 2. The molecule has 0 radical (unpaired) electrons. The monoisotopic (exact) mass is 246 g/mol. The molecule has 90 valence electrons. The van der Waals surface area contributed by atoms with Gasteiger partial charge < -0.3 is 4.57 Å². The lowest BCUT2D eigenvalue weighted by Crippen LogP contribution is -2.24. The number of benzene rings is 2. The van der Waals surface area contributed by atoms with Crippen LogP contribution in [0.5, 0.6) is 0 Å². The zero-order valence-corrected chi connectivity index (χ0v) is 10.1. The number of aromatic nitrogens is 1. The molecule has 1 aliphatic rings. The van der Waals surface area contributed by atoms with E-state index < -0.39 is 0 Å². The van der Waals surface area contributed by atoms with E-state index in [1.807, 2.05) is 65.4 Å². The first-order chi connectivity index (χ1) is 9.34. The van der Waals surface area contributed by atoms with E-state index in [0.29, 0.717) is 5.70 Å². The standard InChI is InChI=1S/C16H10N2O/c19-16-15(12-6-2-3-7-13(12)17-16)18-10-9-11-5-1-4-8-14(11)18/h1-10H. The number of hydrogen-bond donors (Lipinski definition) is 0. The number of fused-ring (bicyclic) bond motifs is 2. The minimum Gasteiger partial charge on any atom is -0.311 e. The van der Waals surface area contributed by atoms with Crippen LogP contribution in [-0.2, 0) is 4.79 Å². The smallest absolute Gasteiger partial charge is 0.295 e. The molecular formula is C16H10N2O. The number of amides is 1. The maximum atomic E-state index is 12.1. The van der Waals surface area contributed by atoms with Crippen LogP contribution in [0.2, 0.25) is 0 Å². The highest BCUT2D eigenvalue weighted by Crippen LogP contribution is 2.19. The van der Waals surface area contributed by atoms with Crippen molar-refractivity contribution in [3.05, 3.63) is 71.4 Å². The Labute approximate surface area is 109 Å². The lowest BCUT2D eigenvalue weighted by atomic mass is 10.2. The van der Waals surface area contributed by atoms with Crippen molar-refractivity contribution < 1.29 is 4.79 Å². The second kappa shape index (κ2) is 3.65. The fourth-order valence-electron chi connectivity index (χ4n) is 2.56. The van der Waals surface area contributed by atoms with Gasteiger partial charge in [0.1, 0.15) is 5.70 Å². The normalized spacial score (nSPS) is 13.7. The van der Waals surface area contributed by atoms with Gasteiger partial charge in [0.05, 0.1) is 10.9 Å². The fourth-order valence-corrected chi connectivity index (χ4v) is 2.56. The highest BCUT2D eigenvalue weighted by molar-refractivity contribution is 6.16. The van der Waals surface area contributed by atoms with Gasteiger partial charge in [0, 0.05) is 11.4 Å². The summed E-state index contributed by atoms with van der Waals surface area (Å²) in [5, 5.41) is 2.77. The molecule has 1 aliphatic heterocycles. The maximum absolute atomic E-state index is 12.1. The Balaban J connectivity index is 2.15. The van der Waals surface area contributed by atoms with Crippen molar-refractivity contribution in [3.63, 3.8) is 0 Å². The van der Waals surface area contributed by atoms with Crippen molar-refractivity contribution in [2.45, 2.75) is 0 Å². The zero-order valence-electron chi connectivity index (χ0n) is 10.1. The molecule has 0 unspecified atom stereocenters. The molecule has 1 aromatic heterocycles. The molecule has 2 heterocycles. The van der Waals surface area contributed by atoms with Gasteiger partial charge in [0.25, 0.3) is 5.91 Å². The summed E-state index contributed by atoms with van der Waals surface area (Å²) >= 11 is 0. The van der Waals surface area contributed by atoms with E-state index in [2.05, 4.69) is 4.99 Å². The summed E-state index contributed by atoms with van der Waals surface area (Å²) in [4.78, 5) is 16.2. The predicted octanol–water partition coefficient (Wildman–Crippen LogP) is 1.46. The van der Waals surface area contributed by atoms with Crippen molar-refractivity contribution in [1.29, 1.82) is 0 Å². The number of carbonyl (C=O) groups excluding carboxylic acids is 1. The van der Waals surface area contributed by atoms with Gasteiger partial charge >= 0.3 is 0 Å². The van der Waals surface area contributed by atoms with Crippen LogP contribution >= 0.6 is 0 Å². The molecule has 0 aliphatic carbocycles. The van der Waals surface area contributed by atoms with Crippen LogP contribution < -0.4 is 10.6 Å². The van der Waals surface area contributed by atoms with Gasteiger partial charge in [-0.2, -0.15) is 0 Å². The third-order valence-corrected chi connectivity index (χ3v) is 3.42. The lowest BCUT2D eigenvalue weighted by Gasteiger charge is -2.04. The van der Waals surface area contributed by atoms with Crippen molar-refractivity contribution in [2.24, 2.45) is 4.99 Å². The van der Waals surface area contributed by atoms with Gasteiger partial charge in [0.15, 0.2) is 0 Å². The molecule has 0 spiro atoms. The molecule has 3 heteroatoms. The topological polar surface area (TPSA) is 34.4 Å². The van der Waals surface area contributed by atoms with Crippen molar-refractivity contribution in [1.82, 2.24) is 4.57 Å². The minimum atomic E-state index is -0.178. The van der Waals surface area contributed by atoms with E-state index in [1.54, 1.807) is 0 Å². The molecule has 0 saturated heterocycles. The zero-order chi connectivity index (χ0) is 12.8.